The Balaban J connectivity index is 2.04. The highest BCUT2D eigenvalue weighted by Crippen LogP contribution is 2.33. The zero-order valence-electron chi connectivity index (χ0n) is 12.0. The lowest BCUT2D eigenvalue weighted by Crippen LogP contribution is -2.15. The zero-order chi connectivity index (χ0) is 14.1. The first-order valence-corrected chi connectivity index (χ1v) is 6.98. The molecule has 2 heterocycles. The minimum atomic E-state index is 0.610. The van der Waals surface area contributed by atoms with E-state index in [-0.39, 0.29) is 0 Å². The second-order valence-corrected chi connectivity index (χ2v) is 5.10. The molecule has 0 amide bonds. The molecule has 0 saturated carbocycles. The van der Waals surface area contributed by atoms with Crippen molar-refractivity contribution in [3.8, 4) is 17.2 Å². The van der Waals surface area contributed by atoms with Crippen LogP contribution in [0.5, 0.6) is 11.5 Å². The molecule has 0 aliphatic carbocycles. The summed E-state index contributed by atoms with van der Waals surface area (Å²) >= 11 is 0. The normalized spacial score (nSPS) is 13.6. The Hall–Kier alpha value is -1.94. The number of nitrogens with two attached hydrogens (primary N) is 1. The molecule has 4 heteroatoms. The second-order valence-electron chi connectivity index (χ2n) is 5.10. The van der Waals surface area contributed by atoms with Crippen LogP contribution in [0.2, 0.25) is 0 Å². The maximum absolute atomic E-state index is 5.67. The van der Waals surface area contributed by atoms with E-state index in [4.69, 9.17) is 15.2 Å². The SMILES string of the molecule is Cc1cc(CCN)c(C)n1-c1ccc2c(c1)OCCO2. The molecule has 1 aliphatic rings. The zero-order valence-corrected chi connectivity index (χ0v) is 12.0. The van der Waals surface area contributed by atoms with Gasteiger partial charge in [0.05, 0.1) is 0 Å². The molecule has 0 radical (unpaired) electrons. The second kappa shape index (κ2) is 5.21. The lowest BCUT2D eigenvalue weighted by molar-refractivity contribution is 0.171. The van der Waals surface area contributed by atoms with E-state index in [2.05, 4.69) is 30.5 Å². The maximum atomic E-state index is 5.67. The van der Waals surface area contributed by atoms with Crippen LogP contribution in [0, 0.1) is 13.8 Å². The summed E-state index contributed by atoms with van der Waals surface area (Å²) in [6.45, 7) is 6.15. The molecule has 3 rings (SSSR count). The van der Waals surface area contributed by atoms with Crippen molar-refractivity contribution >= 4 is 0 Å². The Morgan fingerprint density at radius 2 is 1.85 bits per heavy atom. The number of benzene rings is 1. The monoisotopic (exact) mass is 272 g/mol. The van der Waals surface area contributed by atoms with Crippen molar-refractivity contribution in [3.05, 3.63) is 41.2 Å². The highest BCUT2D eigenvalue weighted by Gasteiger charge is 2.15. The number of aryl methyl sites for hydroxylation is 1. The van der Waals surface area contributed by atoms with Crippen molar-refractivity contribution in [2.75, 3.05) is 19.8 Å². The molecule has 0 fully saturated rings. The summed E-state index contributed by atoms with van der Waals surface area (Å²) < 4.78 is 13.5. The fourth-order valence-corrected chi connectivity index (χ4v) is 2.81. The van der Waals surface area contributed by atoms with E-state index in [1.54, 1.807) is 0 Å². The quantitative estimate of drug-likeness (QED) is 0.933. The molecule has 2 N–H and O–H groups in total. The lowest BCUT2D eigenvalue weighted by Gasteiger charge is -2.20. The highest BCUT2D eigenvalue weighted by atomic mass is 16.6. The number of hydrogen-bond acceptors (Lipinski definition) is 3. The Morgan fingerprint density at radius 1 is 1.10 bits per heavy atom. The third kappa shape index (κ3) is 2.16. The van der Waals surface area contributed by atoms with Gasteiger partial charge in [-0.05, 0) is 50.6 Å². The average molecular weight is 272 g/mol. The first-order chi connectivity index (χ1) is 9.70. The van der Waals surface area contributed by atoms with Gasteiger partial charge in [-0.2, -0.15) is 0 Å². The molecule has 0 unspecified atom stereocenters. The molecule has 1 aliphatic heterocycles. The van der Waals surface area contributed by atoms with Crippen molar-refractivity contribution in [2.45, 2.75) is 20.3 Å². The van der Waals surface area contributed by atoms with Gasteiger partial charge < -0.3 is 19.8 Å². The lowest BCUT2D eigenvalue weighted by atomic mass is 10.2. The molecule has 0 spiro atoms. The largest absolute Gasteiger partial charge is 0.486 e. The summed E-state index contributed by atoms with van der Waals surface area (Å²) in [5.74, 6) is 1.64. The molecular weight excluding hydrogens is 252 g/mol. The number of aromatic nitrogens is 1. The van der Waals surface area contributed by atoms with Gasteiger partial charge in [0.15, 0.2) is 11.5 Å². The molecule has 4 nitrogen and oxygen atoms in total. The first kappa shape index (κ1) is 13.1. The van der Waals surface area contributed by atoms with E-state index in [1.807, 2.05) is 12.1 Å². The van der Waals surface area contributed by atoms with Gasteiger partial charge >= 0.3 is 0 Å². The average Bonchev–Trinajstić information content (AvgIpc) is 2.73. The van der Waals surface area contributed by atoms with Crippen LogP contribution in [0.25, 0.3) is 5.69 Å². The molecule has 0 saturated heterocycles. The predicted molar refractivity (Wildman–Crippen MR) is 79.0 cm³/mol. The van der Waals surface area contributed by atoms with Gasteiger partial charge in [0.2, 0.25) is 0 Å². The van der Waals surface area contributed by atoms with Crippen LogP contribution in [0.3, 0.4) is 0 Å². The van der Waals surface area contributed by atoms with Crippen molar-refractivity contribution in [1.29, 1.82) is 0 Å². The minimum Gasteiger partial charge on any atom is -0.486 e. The van der Waals surface area contributed by atoms with Crippen LogP contribution in [0.1, 0.15) is 17.0 Å². The van der Waals surface area contributed by atoms with Gasteiger partial charge in [0.25, 0.3) is 0 Å². The summed E-state index contributed by atoms with van der Waals surface area (Å²) in [4.78, 5) is 0. The third-order valence-corrected chi connectivity index (χ3v) is 3.73. The Morgan fingerprint density at radius 3 is 2.60 bits per heavy atom. The number of fused-ring (bicyclic) bond motifs is 1. The maximum Gasteiger partial charge on any atom is 0.163 e. The minimum absolute atomic E-state index is 0.610. The van der Waals surface area contributed by atoms with Crippen LogP contribution in [0.15, 0.2) is 24.3 Å². The van der Waals surface area contributed by atoms with Crippen molar-refractivity contribution in [2.24, 2.45) is 5.73 Å². The molecule has 0 atom stereocenters. The molecule has 1 aromatic heterocycles. The molecule has 0 bridgehead atoms. The third-order valence-electron chi connectivity index (χ3n) is 3.73. The van der Waals surface area contributed by atoms with Crippen LogP contribution in [0.4, 0.5) is 0 Å². The van der Waals surface area contributed by atoms with Crippen LogP contribution in [-0.4, -0.2) is 24.3 Å². The van der Waals surface area contributed by atoms with Gasteiger partial charge in [0.1, 0.15) is 13.2 Å². The van der Waals surface area contributed by atoms with Gasteiger partial charge in [-0.15, -0.1) is 0 Å². The molecule has 20 heavy (non-hydrogen) atoms. The van der Waals surface area contributed by atoms with E-state index in [0.29, 0.717) is 19.8 Å². The van der Waals surface area contributed by atoms with Gasteiger partial charge in [0, 0.05) is 23.1 Å². The summed E-state index contributed by atoms with van der Waals surface area (Å²) in [7, 11) is 0. The number of ether oxygens (including phenoxy) is 2. The van der Waals surface area contributed by atoms with Crippen molar-refractivity contribution in [3.63, 3.8) is 0 Å². The fraction of sp³-hybridized carbons (Fsp3) is 0.375. The van der Waals surface area contributed by atoms with E-state index >= 15 is 0 Å². The van der Waals surface area contributed by atoms with Gasteiger partial charge in [-0.1, -0.05) is 0 Å². The Labute approximate surface area is 119 Å². The molecular formula is C16H20N2O2. The number of nitrogens with zero attached hydrogens (tertiary/aromatic N) is 1. The van der Waals surface area contributed by atoms with Crippen LogP contribution >= 0.6 is 0 Å². The summed E-state index contributed by atoms with van der Waals surface area (Å²) in [5.41, 5.74) is 10.5. The topological polar surface area (TPSA) is 49.4 Å². The van der Waals surface area contributed by atoms with E-state index < -0.39 is 0 Å². The van der Waals surface area contributed by atoms with Gasteiger partial charge in [-0.3, -0.25) is 0 Å². The van der Waals surface area contributed by atoms with E-state index in [0.717, 1.165) is 23.6 Å². The fourth-order valence-electron chi connectivity index (χ4n) is 2.81. The first-order valence-electron chi connectivity index (χ1n) is 6.98. The number of hydrogen-bond donors (Lipinski definition) is 1. The standard InChI is InChI=1S/C16H20N2O2/c1-11-9-13(5-6-17)12(2)18(11)14-3-4-15-16(10-14)20-8-7-19-15/h3-4,9-10H,5-8,17H2,1-2H3. The summed E-state index contributed by atoms with van der Waals surface area (Å²) in [5, 5.41) is 0. The number of rotatable bonds is 3. The Kier molecular flexibility index (Phi) is 3.40. The molecule has 1 aromatic carbocycles. The summed E-state index contributed by atoms with van der Waals surface area (Å²) in [6.07, 6.45) is 0.907. The predicted octanol–water partition coefficient (Wildman–Crippen LogP) is 2.37. The summed E-state index contributed by atoms with van der Waals surface area (Å²) in [6, 6.07) is 8.30. The van der Waals surface area contributed by atoms with Gasteiger partial charge in [-0.25, -0.2) is 0 Å². The smallest absolute Gasteiger partial charge is 0.163 e. The van der Waals surface area contributed by atoms with E-state index in [1.165, 1.54) is 17.0 Å². The molecule has 2 aromatic rings. The molecule has 106 valence electrons. The van der Waals surface area contributed by atoms with Crippen LogP contribution < -0.4 is 15.2 Å². The van der Waals surface area contributed by atoms with Crippen molar-refractivity contribution in [1.82, 2.24) is 4.57 Å². The van der Waals surface area contributed by atoms with Crippen molar-refractivity contribution < 1.29 is 9.47 Å². The van der Waals surface area contributed by atoms with Crippen LogP contribution in [-0.2, 0) is 6.42 Å². The highest BCUT2D eigenvalue weighted by molar-refractivity contribution is 5.51. The van der Waals surface area contributed by atoms with E-state index in [9.17, 15) is 0 Å². The Bertz CT molecular complexity index is 632.